The molecule has 0 atom stereocenters. The number of hydrogen-bond acceptors (Lipinski definition) is 3. The van der Waals surface area contributed by atoms with Gasteiger partial charge < -0.3 is 14.6 Å². The summed E-state index contributed by atoms with van der Waals surface area (Å²) in [4.78, 5) is 23.0. The normalized spacial score (nSPS) is 15.4. The van der Waals surface area contributed by atoms with Crippen LogP contribution in [-0.2, 0) is 9.53 Å². The van der Waals surface area contributed by atoms with E-state index >= 15 is 0 Å². The molecule has 2 aromatic carbocycles. The van der Waals surface area contributed by atoms with Crippen molar-refractivity contribution in [2.24, 2.45) is 0 Å². The molecule has 2 heterocycles. The van der Waals surface area contributed by atoms with Crippen LogP contribution in [0.1, 0.15) is 17.0 Å². The molecular formula is C21H21N3O2. The molecule has 1 saturated heterocycles. The summed E-state index contributed by atoms with van der Waals surface area (Å²) in [6.07, 6.45) is 1.92. The van der Waals surface area contributed by atoms with Gasteiger partial charge in [-0.15, -0.1) is 0 Å². The van der Waals surface area contributed by atoms with Gasteiger partial charge in [-0.3, -0.25) is 4.79 Å². The minimum atomic E-state index is -0.0196. The van der Waals surface area contributed by atoms with E-state index in [1.807, 2.05) is 60.4 Å². The predicted molar refractivity (Wildman–Crippen MR) is 103 cm³/mol. The van der Waals surface area contributed by atoms with Gasteiger partial charge in [-0.2, -0.15) is 0 Å². The lowest BCUT2D eigenvalue weighted by Crippen LogP contribution is -2.41. The third-order valence-corrected chi connectivity index (χ3v) is 4.53. The molecule has 0 bridgehead atoms. The SMILES string of the molecule is Cc1cccc(/C=C(/C(=O)N2CCOCC2)c2nc3ccccc3[nH]2)c1. The molecule has 3 aromatic rings. The van der Waals surface area contributed by atoms with Crippen LogP contribution in [0.25, 0.3) is 22.7 Å². The van der Waals surface area contributed by atoms with E-state index in [0.717, 1.165) is 22.2 Å². The number of H-pyrrole nitrogens is 1. The van der Waals surface area contributed by atoms with Crippen molar-refractivity contribution in [3.05, 3.63) is 65.5 Å². The Morgan fingerprint density at radius 1 is 1.15 bits per heavy atom. The molecule has 0 saturated carbocycles. The fourth-order valence-corrected chi connectivity index (χ4v) is 3.18. The first kappa shape index (κ1) is 16.5. The maximum absolute atomic E-state index is 13.2. The average molecular weight is 347 g/mol. The Labute approximate surface area is 152 Å². The van der Waals surface area contributed by atoms with Gasteiger partial charge in [0.2, 0.25) is 0 Å². The number of nitrogens with one attached hydrogen (secondary N) is 1. The molecule has 132 valence electrons. The van der Waals surface area contributed by atoms with E-state index in [0.29, 0.717) is 37.7 Å². The standard InChI is InChI=1S/C21H21N3O2/c1-15-5-4-6-16(13-15)14-17(21(25)24-9-11-26-12-10-24)20-22-18-7-2-3-8-19(18)23-20/h2-8,13-14H,9-12H2,1H3,(H,22,23)/b17-14+. The van der Waals surface area contributed by atoms with Crippen molar-refractivity contribution in [2.75, 3.05) is 26.3 Å². The van der Waals surface area contributed by atoms with Crippen LogP contribution < -0.4 is 0 Å². The van der Waals surface area contributed by atoms with Crippen LogP contribution in [0.2, 0.25) is 0 Å². The van der Waals surface area contributed by atoms with Crippen LogP contribution >= 0.6 is 0 Å². The molecular weight excluding hydrogens is 326 g/mol. The third-order valence-electron chi connectivity index (χ3n) is 4.53. The lowest BCUT2D eigenvalue weighted by Gasteiger charge is -2.27. The van der Waals surface area contributed by atoms with Crippen LogP contribution in [0.3, 0.4) is 0 Å². The summed E-state index contributed by atoms with van der Waals surface area (Å²) in [7, 11) is 0. The number of amides is 1. The quantitative estimate of drug-likeness (QED) is 0.740. The Balaban J connectivity index is 1.78. The second-order valence-corrected chi connectivity index (χ2v) is 6.48. The highest BCUT2D eigenvalue weighted by Crippen LogP contribution is 2.22. The molecule has 1 amide bonds. The Morgan fingerprint density at radius 2 is 1.96 bits per heavy atom. The fourth-order valence-electron chi connectivity index (χ4n) is 3.18. The highest BCUT2D eigenvalue weighted by molar-refractivity contribution is 6.23. The number of aryl methyl sites for hydroxylation is 1. The van der Waals surface area contributed by atoms with Gasteiger partial charge in [0, 0.05) is 13.1 Å². The van der Waals surface area contributed by atoms with Crippen molar-refractivity contribution in [2.45, 2.75) is 6.92 Å². The monoisotopic (exact) mass is 347 g/mol. The van der Waals surface area contributed by atoms with Gasteiger partial charge in [0.05, 0.1) is 29.8 Å². The summed E-state index contributed by atoms with van der Waals surface area (Å²) in [5.41, 5.74) is 4.50. The second-order valence-electron chi connectivity index (χ2n) is 6.48. The number of para-hydroxylation sites is 2. The van der Waals surface area contributed by atoms with Gasteiger partial charge >= 0.3 is 0 Å². The maximum atomic E-state index is 13.2. The first-order valence-corrected chi connectivity index (χ1v) is 8.81. The van der Waals surface area contributed by atoms with E-state index in [9.17, 15) is 4.79 Å². The summed E-state index contributed by atoms with van der Waals surface area (Å²) < 4.78 is 5.38. The summed E-state index contributed by atoms with van der Waals surface area (Å²) >= 11 is 0. The molecule has 0 radical (unpaired) electrons. The van der Waals surface area contributed by atoms with Crippen LogP contribution in [0.15, 0.2) is 48.5 Å². The van der Waals surface area contributed by atoms with Crippen LogP contribution in [0.5, 0.6) is 0 Å². The number of benzene rings is 2. The minimum absolute atomic E-state index is 0.0196. The lowest BCUT2D eigenvalue weighted by molar-refractivity contribution is -0.128. The lowest BCUT2D eigenvalue weighted by atomic mass is 10.1. The van der Waals surface area contributed by atoms with E-state index < -0.39 is 0 Å². The molecule has 1 aliphatic rings. The molecule has 5 nitrogen and oxygen atoms in total. The van der Waals surface area contributed by atoms with Crippen molar-refractivity contribution >= 4 is 28.6 Å². The molecule has 0 aliphatic carbocycles. The number of morpholine rings is 1. The summed E-state index contributed by atoms with van der Waals surface area (Å²) in [6, 6.07) is 15.9. The molecule has 26 heavy (non-hydrogen) atoms. The Morgan fingerprint density at radius 3 is 2.73 bits per heavy atom. The number of carbonyl (C=O) groups excluding carboxylic acids is 1. The van der Waals surface area contributed by atoms with Crippen molar-refractivity contribution in [3.8, 4) is 0 Å². The maximum Gasteiger partial charge on any atom is 0.257 e. The van der Waals surface area contributed by atoms with Gasteiger partial charge in [0.25, 0.3) is 5.91 Å². The average Bonchev–Trinajstić information content (AvgIpc) is 3.10. The van der Waals surface area contributed by atoms with Gasteiger partial charge in [-0.25, -0.2) is 4.98 Å². The highest BCUT2D eigenvalue weighted by Gasteiger charge is 2.24. The Kier molecular flexibility index (Phi) is 4.54. The largest absolute Gasteiger partial charge is 0.378 e. The van der Waals surface area contributed by atoms with E-state index in [4.69, 9.17) is 4.74 Å². The first-order valence-electron chi connectivity index (χ1n) is 8.81. The van der Waals surface area contributed by atoms with Crippen LogP contribution in [0, 0.1) is 6.92 Å². The zero-order valence-corrected chi connectivity index (χ0v) is 14.7. The first-order chi connectivity index (χ1) is 12.7. The molecule has 1 aliphatic heterocycles. The highest BCUT2D eigenvalue weighted by atomic mass is 16.5. The van der Waals surface area contributed by atoms with Crippen LogP contribution in [-0.4, -0.2) is 47.1 Å². The minimum Gasteiger partial charge on any atom is -0.378 e. The number of rotatable bonds is 3. The Hall–Kier alpha value is -2.92. The number of fused-ring (bicyclic) bond motifs is 1. The van der Waals surface area contributed by atoms with Crippen LogP contribution in [0.4, 0.5) is 0 Å². The molecule has 0 spiro atoms. The Bertz CT molecular complexity index is 935. The zero-order chi connectivity index (χ0) is 17.9. The van der Waals surface area contributed by atoms with Crippen molar-refractivity contribution in [1.29, 1.82) is 0 Å². The topological polar surface area (TPSA) is 58.2 Å². The number of nitrogens with zero attached hydrogens (tertiary/aromatic N) is 2. The van der Waals surface area contributed by atoms with E-state index in [-0.39, 0.29) is 5.91 Å². The molecule has 5 heteroatoms. The smallest absolute Gasteiger partial charge is 0.257 e. The number of imidazole rings is 1. The molecule has 1 fully saturated rings. The summed E-state index contributed by atoms with van der Waals surface area (Å²) in [5.74, 6) is 0.582. The van der Waals surface area contributed by atoms with Gasteiger partial charge in [-0.1, -0.05) is 42.0 Å². The number of carbonyl (C=O) groups is 1. The van der Waals surface area contributed by atoms with Gasteiger partial charge in [0.1, 0.15) is 5.82 Å². The number of aromatic nitrogens is 2. The zero-order valence-electron chi connectivity index (χ0n) is 14.7. The summed E-state index contributed by atoms with van der Waals surface area (Å²) in [6.45, 7) is 4.39. The van der Waals surface area contributed by atoms with Crippen molar-refractivity contribution < 1.29 is 9.53 Å². The fraction of sp³-hybridized carbons (Fsp3) is 0.238. The number of aromatic amines is 1. The van der Waals surface area contributed by atoms with E-state index in [1.165, 1.54) is 0 Å². The molecule has 1 N–H and O–H groups in total. The van der Waals surface area contributed by atoms with Crippen molar-refractivity contribution in [1.82, 2.24) is 14.9 Å². The third kappa shape index (κ3) is 3.39. The molecule has 1 aromatic heterocycles. The predicted octanol–water partition coefficient (Wildman–Crippen LogP) is 3.27. The molecule has 0 unspecified atom stereocenters. The number of ether oxygens (including phenoxy) is 1. The van der Waals surface area contributed by atoms with Crippen molar-refractivity contribution in [3.63, 3.8) is 0 Å². The summed E-state index contributed by atoms with van der Waals surface area (Å²) in [5, 5.41) is 0. The van der Waals surface area contributed by atoms with E-state index in [2.05, 4.69) is 16.0 Å². The molecule has 4 rings (SSSR count). The van der Waals surface area contributed by atoms with Gasteiger partial charge in [0.15, 0.2) is 0 Å². The van der Waals surface area contributed by atoms with Gasteiger partial charge in [-0.05, 0) is 30.7 Å². The number of hydrogen-bond donors (Lipinski definition) is 1. The second kappa shape index (κ2) is 7.14. The van der Waals surface area contributed by atoms with E-state index in [1.54, 1.807) is 0 Å².